The topological polar surface area (TPSA) is 71.0 Å². The summed E-state index contributed by atoms with van der Waals surface area (Å²) in [6, 6.07) is 4.80. The number of phenolic OH excluding ortho intramolecular Hbond substituents is 1. The standard InChI is InChI=1S/C15H22N2O4.ClH/c1-10-14(16-6-7-21-10)15(19)17(2)9-11-4-5-13(20-3)12(18)8-11;/h4-5,8,10,14,16,18H,6-7,9H2,1-3H3;1H/t10-,14+;/m1./s1. The first-order valence-corrected chi connectivity index (χ1v) is 6.98. The summed E-state index contributed by atoms with van der Waals surface area (Å²) in [5.74, 6) is 0.476. The van der Waals surface area contributed by atoms with E-state index in [4.69, 9.17) is 9.47 Å². The van der Waals surface area contributed by atoms with E-state index in [1.165, 1.54) is 7.11 Å². The van der Waals surface area contributed by atoms with Gasteiger partial charge >= 0.3 is 0 Å². The van der Waals surface area contributed by atoms with Crippen LogP contribution in [0.5, 0.6) is 11.5 Å². The van der Waals surface area contributed by atoms with Crippen molar-refractivity contribution in [2.75, 3.05) is 27.3 Å². The smallest absolute Gasteiger partial charge is 0.242 e. The molecule has 1 heterocycles. The van der Waals surface area contributed by atoms with Crippen LogP contribution in [0.4, 0.5) is 0 Å². The van der Waals surface area contributed by atoms with Crippen LogP contribution in [0.3, 0.4) is 0 Å². The number of nitrogens with zero attached hydrogens (tertiary/aromatic N) is 1. The van der Waals surface area contributed by atoms with Gasteiger partial charge in [0.1, 0.15) is 6.04 Å². The fraction of sp³-hybridized carbons (Fsp3) is 0.533. The third kappa shape index (κ3) is 4.25. The van der Waals surface area contributed by atoms with Crippen molar-refractivity contribution in [3.63, 3.8) is 0 Å². The predicted molar refractivity (Wildman–Crippen MR) is 85.6 cm³/mol. The van der Waals surface area contributed by atoms with Crippen molar-refractivity contribution in [2.45, 2.75) is 25.6 Å². The predicted octanol–water partition coefficient (Wildman–Crippen LogP) is 1.16. The monoisotopic (exact) mass is 330 g/mol. The molecule has 124 valence electrons. The van der Waals surface area contributed by atoms with E-state index in [0.717, 1.165) is 5.56 Å². The number of morpholine rings is 1. The summed E-state index contributed by atoms with van der Waals surface area (Å²) >= 11 is 0. The van der Waals surface area contributed by atoms with Crippen LogP contribution in [0.2, 0.25) is 0 Å². The van der Waals surface area contributed by atoms with E-state index < -0.39 is 0 Å². The number of phenols is 1. The molecule has 0 unspecified atom stereocenters. The lowest BCUT2D eigenvalue weighted by Gasteiger charge is -2.32. The average molecular weight is 331 g/mol. The molecule has 7 heteroatoms. The van der Waals surface area contributed by atoms with Crippen LogP contribution >= 0.6 is 12.4 Å². The van der Waals surface area contributed by atoms with Crippen molar-refractivity contribution in [3.05, 3.63) is 23.8 Å². The number of ether oxygens (including phenoxy) is 2. The molecule has 1 aliphatic rings. The van der Waals surface area contributed by atoms with Gasteiger partial charge < -0.3 is 24.8 Å². The maximum atomic E-state index is 12.4. The quantitative estimate of drug-likeness (QED) is 0.867. The Morgan fingerprint density at radius 2 is 2.27 bits per heavy atom. The fourth-order valence-corrected chi connectivity index (χ4v) is 2.43. The molecule has 1 aliphatic heterocycles. The Balaban J connectivity index is 0.00000242. The van der Waals surface area contributed by atoms with Crippen molar-refractivity contribution in [2.24, 2.45) is 0 Å². The minimum Gasteiger partial charge on any atom is -0.504 e. The molecule has 1 fully saturated rings. The normalized spacial score (nSPS) is 20.9. The van der Waals surface area contributed by atoms with Crippen molar-refractivity contribution in [3.8, 4) is 11.5 Å². The second-order valence-electron chi connectivity index (χ2n) is 5.21. The Morgan fingerprint density at radius 1 is 1.55 bits per heavy atom. The number of rotatable bonds is 4. The number of carbonyl (C=O) groups is 1. The van der Waals surface area contributed by atoms with Crippen LogP contribution in [-0.4, -0.2) is 55.4 Å². The van der Waals surface area contributed by atoms with Gasteiger partial charge in [-0.05, 0) is 24.6 Å². The van der Waals surface area contributed by atoms with Gasteiger partial charge in [0.2, 0.25) is 5.91 Å². The molecular weight excluding hydrogens is 308 g/mol. The van der Waals surface area contributed by atoms with E-state index in [0.29, 0.717) is 25.4 Å². The molecule has 0 bridgehead atoms. The highest BCUT2D eigenvalue weighted by molar-refractivity contribution is 5.85. The van der Waals surface area contributed by atoms with Gasteiger partial charge in [-0.15, -0.1) is 12.4 Å². The highest BCUT2D eigenvalue weighted by Gasteiger charge is 2.30. The Labute approximate surface area is 136 Å². The largest absolute Gasteiger partial charge is 0.504 e. The van der Waals surface area contributed by atoms with Crippen LogP contribution in [-0.2, 0) is 16.1 Å². The molecule has 1 amide bonds. The SMILES string of the molecule is COc1ccc(CN(C)C(=O)[C@H]2NCCO[C@@H]2C)cc1O.Cl. The summed E-state index contributed by atoms with van der Waals surface area (Å²) in [5.41, 5.74) is 0.841. The molecular formula is C15H23ClN2O4. The molecule has 1 saturated heterocycles. The third-order valence-electron chi connectivity index (χ3n) is 3.62. The number of nitrogens with one attached hydrogen (secondary N) is 1. The van der Waals surface area contributed by atoms with Gasteiger partial charge in [-0.3, -0.25) is 4.79 Å². The molecule has 1 aromatic carbocycles. The van der Waals surface area contributed by atoms with E-state index >= 15 is 0 Å². The molecule has 22 heavy (non-hydrogen) atoms. The minimum atomic E-state index is -0.324. The van der Waals surface area contributed by atoms with Crippen molar-refractivity contribution in [1.29, 1.82) is 0 Å². The number of halogens is 1. The molecule has 0 spiro atoms. The van der Waals surface area contributed by atoms with E-state index in [-0.39, 0.29) is 36.2 Å². The lowest BCUT2D eigenvalue weighted by atomic mass is 10.1. The van der Waals surface area contributed by atoms with Crippen molar-refractivity contribution in [1.82, 2.24) is 10.2 Å². The first-order chi connectivity index (χ1) is 10.0. The Kier molecular flexibility index (Phi) is 6.93. The number of hydrogen-bond acceptors (Lipinski definition) is 5. The lowest BCUT2D eigenvalue weighted by molar-refractivity contribution is -0.138. The number of likely N-dealkylation sites (N-methyl/N-ethyl adjacent to an activating group) is 1. The summed E-state index contributed by atoms with van der Waals surface area (Å²) in [6.45, 7) is 3.61. The van der Waals surface area contributed by atoms with Crippen LogP contribution in [0.1, 0.15) is 12.5 Å². The number of aromatic hydroxyl groups is 1. The summed E-state index contributed by atoms with van der Waals surface area (Å²) in [7, 11) is 3.24. The van der Waals surface area contributed by atoms with Gasteiger partial charge in [-0.25, -0.2) is 0 Å². The van der Waals surface area contributed by atoms with Gasteiger partial charge in [0.25, 0.3) is 0 Å². The van der Waals surface area contributed by atoms with E-state index in [2.05, 4.69) is 5.32 Å². The van der Waals surface area contributed by atoms with Crippen LogP contribution in [0, 0.1) is 0 Å². The molecule has 0 aromatic heterocycles. The zero-order valence-corrected chi connectivity index (χ0v) is 13.9. The van der Waals surface area contributed by atoms with E-state index in [1.54, 1.807) is 24.1 Å². The first-order valence-electron chi connectivity index (χ1n) is 6.98. The number of methoxy groups -OCH3 is 1. The second-order valence-corrected chi connectivity index (χ2v) is 5.21. The second kappa shape index (κ2) is 8.22. The van der Waals surface area contributed by atoms with Gasteiger partial charge in [0.05, 0.1) is 19.8 Å². The van der Waals surface area contributed by atoms with Crippen molar-refractivity contribution >= 4 is 18.3 Å². The lowest BCUT2D eigenvalue weighted by Crippen LogP contribution is -2.55. The Hall–Kier alpha value is -1.50. The van der Waals surface area contributed by atoms with Gasteiger partial charge in [-0.2, -0.15) is 0 Å². The maximum absolute atomic E-state index is 12.4. The highest BCUT2D eigenvalue weighted by atomic mass is 35.5. The summed E-state index contributed by atoms with van der Waals surface area (Å²) in [4.78, 5) is 14.0. The van der Waals surface area contributed by atoms with Gasteiger partial charge in [-0.1, -0.05) is 6.07 Å². The maximum Gasteiger partial charge on any atom is 0.242 e. The number of amides is 1. The summed E-state index contributed by atoms with van der Waals surface area (Å²) in [5, 5.41) is 13.0. The van der Waals surface area contributed by atoms with E-state index in [9.17, 15) is 9.90 Å². The van der Waals surface area contributed by atoms with Gasteiger partial charge in [0, 0.05) is 20.1 Å². The third-order valence-corrected chi connectivity index (χ3v) is 3.62. The van der Waals surface area contributed by atoms with Crippen LogP contribution < -0.4 is 10.1 Å². The minimum absolute atomic E-state index is 0. The highest BCUT2D eigenvalue weighted by Crippen LogP contribution is 2.26. The Bertz CT molecular complexity index is 512. The number of benzene rings is 1. The number of hydrogen-bond donors (Lipinski definition) is 2. The average Bonchev–Trinajstić information content (AvgIpc) is 2.47. The Morgan fingerprint density at radius 3 is 2.86 bits per heavy atom. The van der Waals surface area contributed by atoms with Gasteiger partial charge in [0.15, 0.2) is 11.5 Å². The molecule has 0 saturated carbocycles. The summed E-state index contributed by atoms with van der Waals surface area (Å²) in [6.07, 6.45) is -0.141. The molecule has 6 nitrogen and oxygen atoms in total. The molecule has 2 rings (SSSR count). The molecule has 1 aromatic rings. The molecule has 0 aliphatic carbocycles. The number of carbonyl (C=O) groups excluding carboxylic acids is 1. The van der Waals surface area contributed by atoms with E-state index in [1.807, 2.05) is 13.0 Å². The van der Waals surface area contributed by atoms with Crippen molar-refractivity contribution < 1.29 is 19.4 Å². The zero-order valence-electron chi connectivity index (χ0n) is 13.0. The molecule has 0 radical (unpaired) electrons. The summed E-state index contributed by atoms with van der Waals surface area (Å²) < 4.78 is 10.5. The fourth-order valence-electron chi connectivity index (χ4n) is 2.43. The molecule has 2 atom stereocenters. The van der Waals surface area contributed by atoms with Crippen LogP contribution in [0.15, 0.2) is 18.2 Å². The van der Waals surface area contributed by atoms with Crippen LogP contribution in [0.25, 0.3) is 0 Å². The molecule has 2 N–H and O–H groups in total. The zero-order chi connectivity index (χ0) is 15.4. The first kappa shape index (κ1) is 18.5.